The highest BCUT2D eigenvalue weighted by Gasteiger charge is 2.16. The minimum Gasteiger partial charge on any atom is -0.282 e. The molecule has 2 aliphatic rings. The van der Waals surface area contributed by atoms with Crippen LogP contribution in [0.4, 0.5) is 0 Å². The fraction of sp³-hybridized carbons (Fsp3) is 0.545. The van der Waals surface area contributed by atoms with Crippen molar-refractivity contribution < 1.29 is 4.79 Å². The van der Waals surface area contributed by atoms with Gasteiger partial charge in [-0.2, -0.15) is 0 Å². The van der Waals surface area contributed by atoms with E-state index in [0.717, 1.165) is 17.7 Å². The lowest BCUT2D eigenvalue weighted by atomic mass is 10.1. The molecular weight excluding hydrogens is 180 g/mol. The molecule has 0 unspecified atom stereocenters. The lowest BCUT2D eigenvalue weighted by Gasteiger charge is -1.92. The van der Waals surface area contributed by atoms with E-state index in [4.69, 9.17) is 0 Å². The number of carbonyl (C=O) groups excluding carboxylic acids is 1. The van der Waals surface area contributed by atoms with Crippen LogP contribution in [0.1, 0.15) is 32.1 Å². The van der Waals surface area contributed by atoms with Crippen molar-refractivity contribution in [2.24, 2.45) is 0 Å². The molecule has 0 spiro atoms. The molecule has 70 valence electrons. The van der Waals surface area contributed by atoms with Crippen LogP contribution in [-0.2, 0) is 4.79 Å². The van der Waals surface area contributed by atoms with Gasteiger partial charge in [0.05, 0.1) is 0 Å². The molecule has 0 aromatic rings. The van der Waals surface area contributed by atoms with Crippen LogP contribution < -0.4 is 0 Å². The fourth-order valence-electron chi connectivity index (χ4n) is 1.81. The summed E-state index contributed by atoms with van der Waals surface area (Å²) in [6, 6.07) is 0. The molecule has 2 rings (SSSR count). The van der Waals surface area contributed by atoms with Crippen molar-refractivity contribution in [2.45, 2.75) is 32.1 Å². The van der Waals surface area contributed by atoms with Gasteiger partial charge < -0.3 is 0 Å². The average Bonchev–Trinajstić information content (AvgIpc) is 2.72. The lowest BCUT2D eigenvalue weighted by molar-refractivity contribution is -0.107. The molecule has 0 N–H and O–H groups in total. The monoisotopic (exact) mass is 194 g/mol. The molecule has 1 saturated carbocycles. The van der Waals surface area contributed by atoms with Crippen molar-refractivity contribution in [3.05, 3.63) is 23.3 Å². The van der Waals surface area contributed by atoms with Gasteiger partial charge in [-0.1, -0.05) is 29.5 Å². The standard InChI is InChI=1S/C11H14OS/c12-11-10(7-8-13-11)6-5-9-3-1-2-4-9/h5-6H,1-4,7-8H2. The second-order valence-electron chi connectivity index (χ2n) is 3.61. The second-order valence-corrected chi connectivity index (χ2v) is 4.68. The quantitative estimate of drug-likeness (QED) is 0.597. The van der Waals surface area contributed by atoms with Gasteiger partial charge in [0.2, 0.25) is 5.12 Å². The van der Waals surface area contributed by atoms with Crippen LogP contribution in [0.15, 0.2) is 23.3 Å². The van der Waals surface area contributed by atoms with E-state index in [1.165, 1.54) is 43.0 Å². The van der Waals surface area contributed by atoms with Gasteiger partial charge in [-0.25, -0.2) is 0 Å². The first-order valence-electron chi connectivity index (χ1n) is 4.92. The predicted molar refractivity (Wildman–Crippen MR) is 56.7 cm³/mol. The molecule has 0 atom stereocenters. The molecule has 0 amide bonds. The summed E-state index contributed by atoms with van der Waals surface area (Å²) in [5.41, 5.74) is 2.54. The summed E-state index contributed by atoms with van der Waals surface area (Å²) in [5, 5.41) is 0.287. The van der Waals surface area contributed by atoms with Crippen LogP contribution in [0.2, 0.25) is 0 Å². The normalized spacial score (nSPS) is 26.0. The Labute approximate surface area is 83.3 Å². The third kappa shape index (κ3) is 2.25. The van der Waals surface area contributed by atoms with Gasteiger partial charge in [0, 0.05) is 11.3 Å². The number of allylic oxidation sites excluding steroid dienone is 3. The minimum atomic E-state index is 0.287. The van der Waals surface area contributed by atoms with E-state index >= 15 is 0 Å². The predicted octanol–water partition coefficient (Wildman–Crippen LogP) is 3.08. The van der Waals surface area contributed by atoms with E-state index in [1.807, 2.05) is 6.08 Å². The molecule has 1 aliphatic heterocycles. The smallest absolute Gasteiger partial charge is 0.215 e. The van der Waals surface area contributed by atoms with E-state index < -0.39 is 0 Å². The molecule has 1 aliphatic carbocycles. The van der Waals surface area contributed by atoms with Crippen molar-refractivity contribution in [2.75, 3.05) is 5.75 Å². The first kappa shape index (κ1) is 9.07. The Balaban J connectivity index is 2.02. The zero-order chi connectivity index (χ0) is 9.10. The minimum absolute atomic E-state index is 0.287. The van der Waals surface area contributed by atoms with Crippen LogP contribution in [0, 0.1) is 0 Å². The van der Waals surface area contributed by atoms with Crippen molar-refractivity contribution in [3.8, 4) is 0 Å². The molecule has 1 heterocycles. The molecule has 0 aromatic heterocycles. The number of rotatable bonds is 1. The summed E-state index contributed by atoms with van der Waals surface area (Å²) in [7, 11) is 0. The van der Waals surface area contributed by atoms with Gasteiger partial charge in [0.25, 0.3) is 0 Å². The maximum atomic E-state index is 11.2. The zero-order valence-corrected chi connectivity index (χ0v) is 8.53. The number of carbonyl (C=O) groups is 1. The van der Waals surface area contributed by atoms with Crippen LogP contribution in [0.5, 0.6) is 0 Å². The molecule has 0 radical (unpaired) electrons. The Morgan fingerprint density at radius 1 is 1.08 bits per heavy atom. The Hall–Kier alpha value is -0.500. The van der Waals surface area contributed by atoms with Crippen LogP contribution in [-0.4, -0.2) is 10.9 Å². The van der Waals surface area contributed by atoms with E-state index in [0.29, 0.717) is 0 Å². The van der Waals surface area contributed by atoms with Gasteiger partial charge in [-0.05, 0) is 32.1 Å². The van der Waals surface area contributed by atoms with Crippen LogP contribution in [0.25, 0.3) is 0 Å². The highest BCUT2D eigenvalue weighted by Crippen LogP contribution is 2.27. The maximum Gasteiger partial charge on any atom is 0.215 e. The average molecular weight is 194 g/mol. The SMILES string of the molecule is O=C1SCCC1=CC=C1CCCC1. The third-order valence-corrected chi connectivity index (χ3v) is 3.57. The largest absolute Gasteiger partial charge is 0.282 e. The first-order valence-corrected chi connectivity index (χ1v) is 5.90. The van der Waals surface area contributed by atoms with E-state index in [-0.39, 0.29) is 5.12 Å². The number of hydrogen-bond donors (Lipinski definition) is 0. The summed E-state index contributed by atoms with van der Waals surface area (Å²) >= 11 is 1.45. The molecular formula is C11H14OS. The number of thioether (sulfide) groups is 1. The summed E-state index contributed by atoms with van der Waals surface area (Å²) in [6.45, 7) is 0. The summed E-state index contributed by atoms with van der Waals surface area (Å²) in [6.07, 6.45) is 10.3. The van der Waals surface area contributed by atoms with Gasteiger partial charge in [0.1, 0.15) is 0 Å². The van der Waals surface area contributed by atoms with Crippen LogP contribution in [0.3, 0.4) is 0 Å². The molecule has 1 saturated heterocycles. The Morgan fingerprint density at radius 3 is 2.46 bits per heavy atom. The van der Waals surface area contributed by atoms with Gasteiger partial charge in [-0.3, -0.25) is 4.79 Å². The van der Waals surface area contributed by atoms with E-state index in [2.05, 4.69) is 6.08 Å². The lowest BCUT2D eigenvalue weighted by Crippen LogP contribution is -1.86. The first-order chi connectivity index (χ1) is 6.36. The summed E-state index contributed by atoms with van der Waals surface area (Å²) < 4.78 is 0. The van der Waals surface area contributed by atoms with Crippen molar-refractivity contribution >= 4 is 16.9 Å². The Kier molecular flexibility index (Phi) is 2.89. The highest BCUT2D eigenvalue weighted by molar-refractivity contribution is 8.14. The Bertz CT molecular complexity index is 268. The van der Waals surface area contributed by atoms with Gasteiger partial charge >= 0.3 is 0 Å². The molecule has 0 aromatic carbocycles. The summed E-state index contributed by atoms with van der Waals surface area (Å²) in [5.74, 6) is 0.980. The molecule has 1 nitrogen and oxygen atoms in total. The maximum absolute atomic E-state index is 11.2. The van der Waals surface area contributed by atoms with E-state index in [9.17, 15) is 4.79 Å². The van der Waals surface area contributed by atoms with Gasteiger partial charge in [0.15, 0.2) is 0 Å². The fourth-order valence-corrected chi connectivity index (χ4v) is 2.68. The third-order valence-electron chi connectivity index (χ3n) is 2.63. The zero-order valence-electron chi connectivity index (χ0n) is 7.71. The molecule has 2 heteroatoms. The van der Waals surface area contributed by atoms with E-state index in [1.54, 1.807) is 0 Å². The van der Waals surface area contributed by atoms with Crippen molar-refractivity contribution in [3.63, 3.8) is 0 Å². The molecule has 2 fully saturated rings. The Morgan fingerprint density at radius 2 is 1.85 bits per heavy atom. The molecule has 13 heavy (non-hydrogen) atoms. The summed E-state index contributed by atoms with van der Waals surface area (Å²) in [4.78, 5) is 11.2. The van der Waals surface area contributed by atoms with Crippen LogP contribution >= 0.6 is 11.8 Å². The topological polar surface area (TPSA) is 17.1 Å². The van der Waals surface area contributed by atoms with Crippen molar-refractivity contribution in [1.82, 2.24) is 0 Å². The number of hydrogen-bond acceptors (Lipinski definition) is 2. The second kappa shape index (κ2) is 4.14. The van der Waals surface area contributed by atoms with Gasteiger partial charge in [-0.15, -0.1) is 0 Å². The highest BCUT2D eigenvalue weighted by atomic mass is 32.2. The van der Waals surface area contributed by atoms with Crippen molar-refractivity contribution in [1.29, 1.82) is 0 Å². The molecule has 0 bridgehead atoms.